The second kappa shape index (κ2) is 8.11. The molecule has 0 radical (unpaired) electrons. The van der Waals surface area contributed by atoms with Gasteiger partial charge in [0.1, 0.15) is 12.3 Å². The fourth-order valence-corrected chi connectivity index (χ4v) is 4.81. The van der Waals surface area contributed by atoms with E-state index in [4.69, 9.17) is 4.74 Å². The van der Waals surface area contributed by atoms with E-state index in [-0.39, 0.29) is 35.4 Å². The third-order valence-electron chi connectivity index (χ3n) is 6.37. The molecule has 1 saturated heterocycles. The van der Waals surface area contributed by atoms with Gasteiger partial charge in [-0.15, -0.1) is 0 Å². The fourth-order valence-electron chi connectivity index (χ4n) is 4.81. The average Bonchev–Trinajstić information content (AvgIpc) is 2.81. The molecule has 2 atom stereocenters. The number of rotatable bonds is 4. The Balaban J connectivity index is 1.35. The van der Waals surface area contributed by atoms with Gasteiger partial charge in [0.25, 0.3) is 11.1 Å². The van der Waals surface area contributed by atoms with Crippen molar-refractivity contribution in [1.29, 1.82) is 0 Å². The maximum absolute atomic E-state index is 13.1. The Kier molecular flexibility index (Phi) is 5.13. The van der Waals surface area contributed by atoms with Gasteiger partial charge in [0.2, 0.25) is 5.91 Å². The Labute approximate surface area is 184 Å². The van der Waals surface area contributed by atoms with Crippen molar-refractivity contribution in [1.82, 2.24) is 19.2 Å². The Hall–Kier alpha value is -3.68. The third kappa shape index (κ3) is 3.72. The number of ether oxygens (including phenoxy) is 1. The van der Waals surface area contributed by atoms with Crippen LogP contribution in [0.3, 0.4) is 0 Å². The summed E-state index contributed by atoms with van der Waals surface area (Å²) < 4.78 is 8.25. The lowest BCUT2D eigenvalue weighted by Gasteiger charge is -2.42. The van der Waals surface area contributed by atoms with E-state index in [1.165, 1.54) is 10.7 Å². The van der Waals surface area contributed by atoms with Crippen molar-refractivity contribution in [3.63, 3.8) is 0 Å². The Morgan fingerprint density at radius 3 is 2.59 bits per heavy atom. The average molecular weight is 432 g/mol. The van der Waals surface area contributed by atoms with Crippen LogP contribution in [-0.2, 0) is 17.9 Å². The Morgan fingerprint density at radius 1 is 1.00 bits per heavy atom. The number of fused-ring (bicyclic) bond motifs is 4. The predicted octanol–water partition coefficient (Wildman–Crippen LogP) is 1.73. The van der Waals surface area contributed by atoms with E-state index < -0.39 is 0 Å². The molecule has 2 aliphatic heterocycles. The van der Waals surface area contributed by atoms with E-state index >= 15 is 0 Å². The molecule has 1 aromatic carbocycles. The fraction of sp³-hybridized carbons (Fsp3) is 0.333. The summed E-state index contributed by atoms with van der Waals surface area (Å²) in [4.78, 5) is 39.5. The van der Waals surface area contributed by atoms with E-state index in [9.17, 15) is 14.4 Å². The lowest BCUT2D eigenvalue weighted by atomic mass is 9.83. The molecule has 5 rings (SSSR count). The van der Waals surface area contributed by atoms with Crippen LogP contribution >= 0.6 is 0 Å². The number of hydrogen-bond acceptors (Lipinski definition) is 5. The molecule has 32 heavy (non-hydrogen) atoms. The molecule has 2 aliphatic rings. The highest BCUT2D eigenvalue weighted by atomic mass is 16.5. The summed E-state index contributed by atoms with van der Waals surface area (Å²) in [6.45, 7) is 1.65. The summed E-state index contributed by atoms with van der Waals surface area (Å²) in [5.41, 5.74) is 2.14. The normalized spacial score (nSPS) is 19.3. The summed E-state index contributed by atoms with van der Waals surface area (Å²) in [6.07, 6.45) is 0.971. The minimum Gasteiger partial charge on any atom is -0.497 e. The lowest BCUT2D eigenvalue weighted by Crippen LogP contribution is -2.50. The number of carbonyl (C=O) groups is 1. The van der Waals surface area contributed by atoms with E-state index in [0.29, 0.717) is 25.3 Å². The SMILES string of the molecule is COc1ccc(-c2ccc(=O)n(CC(=O)N3C[C@@H]4C[C@H](C3)c3cccc(=O)n3C4)n2)cc1. The molecule has 8 heteroatoms. The largest absolute Gasteiger partial charge is 0.497 e. The van der Waals surface area contributed by atoms with Crippen LogP contribution in [0.2, 0.25) is 0 Å². The van der Waals surface area contributed by atoms with E-state index in [1.54, 1.807) is 25.3 Å². The van der Waals surface area contributed by atoms with Crippen molar-refractivity contribution in [2.75, 3.05) is 20.2 Å². The minimum atomic E-state index is -0.315. The lowest BCUT2D eigenvalue weighted by molar-refractivity contribution is -0.134. The van der Waals surface area contributed by atoms with Crippen LogP contribution in [-0.4, -0.2) is 45.4 Å². The summed E-state index contributed by atoms with van der Waals surface area (Å²) in [6, 6.07) is 15.8. The van der Waals surface area contributed by atoms with Gasteiger partial charge in [0, 0.05) is 48.9 Å². The van der Waals surface area contributed by atoms with Gasteiger partial charge in [0.15, 0.2) is 0 Å². The number of likely N-dealkylation sites (tertiary alicyclic amines) is 1. The summed E-state index contributed by atoms with van der Waals surface area (Å²) in [5.74, 6) is 0.973. The van der Waals surface area contributed by atoms with Crippen LogP contribution < -0.4 is 15.9 Å². The van der Waals surface area contributed by atoms with Crippen molar-refractivity contribution in [2.24, 2.45) is 5.92 Å². The Morgan fingerprint density at radius 2 is 1.81 bits per heavy atom. The first-order valence-electron chi connectivity index (χ1n) is 10.7. The van der Waals surface area contributed by atoms with Crippen molar-refractivity contribution < 1.29 is 9.53 Å². The molecule has 3 aromatic rings. The van der Waals surface area contributed by atoms with Crippen LogP contribution in [0.15, 0.2) is 64.2 Å². The van der Waals surface area contributed by atoms with Crippen LogP contribution in [0.25, 0.3) is 11.3 Å². The van der Waals surface area contributed by atoms with Gasteiger partial charge in [-0.3, -0.25) is 14.4 Å². The molecule has 4 heterocycles. The van der Waals surface area contributed by atoms with E-state index in [0.717, 1.165) is 23.4 Å². The smallest absolute Gasteiger partial charge is 0.267 e. The Bertz CT molecular complexity index is 1280. The standard InChI is InChI=1S/C24H24N4O4/c1-32-19-7-5-17(6-8-19)20-9-10-23(30)28(25-20)15-24(31)26-12-16-11-18(14-26)21-3-2-4-22(29)27(21)13-16/h2-10,16,18H,11-15H2,1H3/t16-,18+/m0/s1. The van der Waals surface area contributed by atoms with Gasteiger partial charge in [0.05, 0.1) is 12.8 Å². The molecular formula is C24H24N4O4. The van der Waals surface area contributed by atoms with E-state index in [2.05, 4.69) is 5.10 Å². The molecular weight excluding hydrogens is 408 g/mol. The van der Waals surface area contributed by atoms with E-state index in [1.807, 2.05) is 39.8 Å². The number of nitrogens with zero attached hydrogens (tertiary/aromatic N) is 4. The maximum Gasteiger partial charge on any atom is 0.267 e. The first kappa shape index (κ1) is 20.2. The number of hydrogen-bond donors (Lipinski definition) is 0. The monoisotopic (exact) mass is 432 g/mol. The van der Waals surface area contributed by atoms with Crippen LogP contribution in [0.4, 0.5) is 0 Å². The van der Waals surface area contributed by atoms with Gasteiger partial charge >= 0.3 is 0 Å². The topological polar surface area (TPSA) is 86.4 Å². The number of amides is 1. The number of carbonyl (C=O) groups excluding carboxylic acids is 1. The second-order valence-corrected chi connectivity index (χ2v) is 8.44. The van der Waals surface area contributed by atoms with Crippen LogP contribution in [0, 0.1) is 5.92 Å². The van der Waals surface area contributed by atoms with Crippen molar-refractivity contribution in [2.45, 2.75) is 25.4 Å². The molecule has 2 bridgehead atoms. The summed E-state index contributed by atoms with van der Waals surface area (Å²) >= 11 is 0. The highest BCUT2D eigenvalue weighted by molar-refractivity contribution is 5.76. The molecule has 0 aliphatic carbocycles. The molecule has 1 amide bonds. The zero-order valence-corrected chi connectivity index (χ0v) is 17.8. The van der Waals surface area contributed by atoms with Gasteiger partial charge in [-0.2, -0.15) is 5.10 Å². The maximum atomic E-state index is 13.1. The van der Waals surface area contributed by atoms with Crippen molar-refractivity contribution in [3.05, 3.63) is 81.0 Å². The molecule has 1 fully saturated rings. The van der Waals surface area contributed by atoms with Gasteiger partial charge in [-0.05, 0) is 48.7 Å². The third-order valence-corrected chi connectivity index (χ3v) is 6.37. The van der Waals surface area contributed by atoms with Crippen LogP contribution in [0.1, 0.15) is 18.0 Å². The molecule has 0 unspecified atom stereocenters. The molecule has 0 N–H and O–H groups in total. The second-order valence-electron chi connectivity index (χ2n) is 8.44. The highest BCUT2D eigenvalue weighted by Crippen LogP contribution is 2.35. The van der Waals surface area contributed by atoms with Gasteiger partial charge in [-0.1, -0.05) is 6.07 Å². The number of aromatic nitrogens is 3. The predicted molar refractivity (Wildman–Crippen MR) is 119 cm³/mol. The first-order valence-corrected chi connectivity index (χ1v) is 10.7. The molecule has 8 nitrogen and oxygen atoms in total. The zero-order valence-electron chi connectivity index (χ0n) is 17.8. The van der Waals surface area contributed by atoms with Gasteiger partial charge < -0.3 is 14.2 Å². The molecule has 2 aromatic heterocycles. The molecule has 0 spiro atoms. The first-order chi connectivity index (χ1) is 15.5. The van der Waals surface area contributed by atoms with Crippen LogP contribution in [0.5, 0.6) is 5.75 Å². The number of pyridine rings is 1. The number of benzene rings is 1. The highest BCUT2D eigenvalue weighted by Gasteiger charge is 2.36. The molecule has 0 saturated carbocycles. The zero-order chi connectivity index (χ0) is 22.2. The summed E-state index contributed by atoms with van der Waals surface area (Å²) in [7, 11) is 1.60. The van der Waals surface area contributed by atoms with Crippen molar-refractivity contribution >= 4 is 5.91 Å². The van der Waals surface area contributed by atoms with Crippen molar-refractivity contribution in [3.8, 4) is 17.0 Å². The minimum absolute atomic E-state index is 0.0167. The molecule has 164 valence electrons. The quantitative estimate of drug-likeness (QED) is 0.627. The van der Waals surface area contributed by atoms with Gasteiger partial charge in [-0.25, -0.2) is 4.68 Å². The summed E-state index contributed by atoms with van der Waals surface area (Å²) in [5, 5.41) is 4.42. The number of methoxy groups -OCH3 is 1. The number of piperidine rings is 1.